The lowest BCUT2D eigenvalue weighted by atomic mass is 10.5. The third-order valence-electron chi connectivity index (χ3n) is 1.13. The molecule has 0 aliphatic heterocycles. The number of nitrogens with two attached hydrogens (primary N) is 1. The summed E-state index contributed by atoms with van der Waals surface area (Å²) in [7, 11) is 0. The molecule has 0 aliphatic carbocycles. The van der Waals surface area contributed by atoms with E-state index in [1.807, 2.05) is 0 Å². The number of anilines is 1. The molecule has 1 aromatic rings. The summed E-state index contributed by atoms with van der Waals surface area (Å²) in [5.41, 5.74) is 5.17. The number of carbonyl (C=O) groups excluding carboxylic acids is 1. The van der Waals surface area contributed by atoms with Crippen LogP contribution in [-0.2, 0) is 0 Å². The van der Waals surface area contributed by atoms with Crippen LogP contribution in [0.15, 0.2) is 5.38 Å². The van der Waals surface area contributed by atoms with Gasteiger partial charge >= 0.3 is 0 Å². The van der Waals surface area contributed by atoms with E-state index in [-0.39, 0.29) is 12.2 Å². The van der Waals surface area contributed by atoms with Gasteiger partial charge < -0.3 is 11.1 Å². The van der Waals surface area contributed by atoms with Gasteiger partial charge in [-0.1, -0.05) is 0 Å². The number of alkyl halides is 1. The molecule has 1 heterocycles. The summed E-state index contributed by atoms with van der Waals surface area (Å²) < 4.78 is 11.7. The number of thiazole rings is 1. The van der Waals surface area contributed by atoms with Crippen LogP contribution < -0.4 is 11.1 Å². The van der Waals surface area contributed by atoms with Gasteiger partial charge in [0.1, 0.15) is 12.4 Å². The minimum atomic E-state index is -0.570. The number of nitrogens with zero attached hydrogens (tertiary/aromatic N) is 1. The number of rotatable bonds is 4. The Hall–Kier alpha value is -1.17. The Bertz CT molecular complexity index is 276. The van der Waals surface area contributed by atoms with E-state index in [0.717, 1.165) is 0 Å². The highest BCUT2D eigenvalue weighted by Gasteiger charge is 2.05. The smallest absolute Gasteiger partial charge is 0.268 e. The maximum Gasteiger partial charge on any atom is 0.268 e. The van der Waals surface area contributed by atoms with Gasteiger partial charge in [0.05, 0.1) is 0 Å². The van der Waals surface area contributed by atoms with Crippen molar-refractivity contribution >= 4 is 22.4 Å². The molecule has 0 bridgehead atoms. The zero-order chi connectivity index (χ0) is 8.97. The maximum atomic E-state index is 11.7. The van der Waals surface area contributed by atoms with E-state index < -0.39 is 12.6 Å². The number of primary amides is 1. The first-order valence-corrected chi connectivity index (χ1v) is 4.17. The number of aromatic nitrogens is 1. The monoisotopic (exact) mass is 189 g/mol. The molecule has 4 nitrogen and oxygen atoms in total. The van der Waals surface area contributed by atoms with Crippen LogP contribution in [0.2, 0.25) is 0 Å². The molecule has 1 amide bonds. The number of hydrogen-bond acceptors (Lipinski definition) is 4. The van der Waals surface area contributed by atoms with Gasteiger partial charge in [-0.15, -0.1) is 11.3 Å². The molecule has 0 radical (unpaired) electrons. The number of carbonyl (C=O) groups is 1. The molecule has 3 N–H and O–H groups in total. The van der Waals surface area contributed by atoms with Gasteiger partial charge in [-0.2, -0.15) is 0 Å². The Kier molecular flexibility index (Phi) is 2.98. The molecule has 1 rings (SSSR count). The van der Waals surface area contributed by atoms with Gasteiger partial charge in [0, 0.05) is 11.9 Å². The molecule has 0 fully saturated rings. The summed E-state index contributed by atoms with van der Waals surface area (Å²) in [6, 6.07) is 0. The first kappa shape index (κ1) is 8.92. The van der Waals surface area contributed by atoms with Crippen molar-refractivity contribution in [3.63, 3.8) is 0 Å². The minimum Gasteiger partial charge on any atom is -0.364 e. The van der Waals surface area contributed by atoms with Crippen LogP contribution in [0.1, 0.15) is 10.5 Å². The zero-order valence-corrected chi connectivity index (χ0v) is 7.03. The molecule has 0 unspecified atom stereocenters. The molecular weight excluding hydrogens is 181 g/mol. The molecule has 1 aromatic heterocycles. The predicted octanol–water partition coefficient (Wildman–Crippen LogP) is 0.623. The fraction of sp³-hybridized carbons (Fsp3) is 0.333. The minimum absolute atomic E-state index is 0.200. The molecule has 12 heavy (non-hydrogen) atoms. The second kappa shape index (κ2) is 4.01. The van der Waals surface area contributed by atoms with Crippen LogP contribution in [0.4, 0.5) is 9.52 Å². The van der Waals surface area contributed by atoms with E-state index in [2.05, 4.69) is 10.3 Å². The van der Waals surface area contributed by atoms with E-state index in [1.54, 1.807) is 0 Å². The lowest BCUT2D eigenvalue weighted by Crippen LogP contribution is -2.11. The third-order valence-corrected chi connectivity index (χ3v) is 1.93. The Labute approximate surface area is 72.6 Å². The molecule has 0 atom stereocenters. The van der Waals surface area contributed by atoms with Crippen LogP contribution in [0, 0.1) is 0 Å². The van der Waals surface area contributed by atoms with Crippen molar-refractivity contribution in [3.05, 3.63) is 11.1 Å². The molecule has 66 valence electrons. The highest BCUT2D eigenvalue weighted by Crippen LogP contribution is 2.14. The molecule has 0 spiro atoms. The van der Waals surface area contributed by atoms with Gasteiger partial charge in [0.15, 0.2) is 5.13 Å². The average molecular weight is 189 g/mol. The third kappa shape index (κ3) is 2.16. The van der Waals surface area contributed by atoms with Crippen molar-refractivity contribution in [1.29, 1.82) is 0 Å². The number of halogens is 1. The van der Waals surface area contributed by atoms with Crippen LogP contribution in [0.3, 0.4) is 0 Å². The second-order valence-corrected chi connectivity index (χ2v) is 2.88. The van der Waals surface area contributed by atoms with Crippen molar-refractivity contribution in [2.24, 2.45) is 5.73 Å². The standard InChI is InChI=1S/C6H8FN3OS/c7-1-2-9-6-10-4(3-12-6)5(8)11/h3H,1-2H2,(H2,8,11)(H,9,10). The number of amides is 1. The molecule has 0 saturated heterocycles. The summed E-state index contributed by atoms with van der Waals surface area (Å²) in [5, 5.41) is 4.74. The summed E-state index contributed by atoms with van der Waals surface area (Å²) in [6.45, 7) is -0.267. The van der Waals surface area contributed by atoms with Gasteiger partial charge in [-0.05, 0) is 0 Å². The highest BCUT2D eigenvalue weighted by atomic mass is 32.1. The second-order valence-electron chi connectivity index (χ2n) is 2.02. The maximum absolute atomic E-state index is 11.7. The zero-order valence-electron chi connectivity index (χ0n) is 6.21. The van der Waals surface area contributed by atoms with Gasteiger partial charge in [-0.25, -0.2) is 9.37 Å². The van der Waals surface area contributed by atoms with Gasteiger partial charge in [-0.3, -0.25) is 4.79 Å². The summed E-state index contributed by atoms with van der Waals surface area (Å²) >= 11 is 1.23. The Morgan fingerprint density at radius 3 is 3.08 bits per heavy atom. The van der Waals surface area contributed by atoms with Crippen LogP contribution >= 0.6 is 11.3 Å². The topological polar surface area (TPSA) is 68.0 Å². The normalized spacial score (nSPS) is 9.75. The fourth-order valence-corrected chi connectivity index (χ4v) is 1.35. The fourth-order valence-electron chi connectivity index (χ4n) is 0.622. The summed E-state index contributed by atoms with van der Waals surface area (Å²) in [5.74, 6) is -0.570. The Morgan fingerprint density at radius 2 is 2.58 bits per heavy atom. The summed E-state index contributed by atoms with van der Waals surface area (Å²) in [4.78, 5) is 14.4. The molecule has 0 saturated carbocycles. The van der Waals surface area contributed by atoms with Crippen molar-refractivity contribution in [2.75, 3.05) is 18.5 Å². The Balaban J connectivity index is 2.58. The quantitative estimate of drug-likeness (QED) is 0.729. The Morgan fingerprint density at radius 1 is 1.83 bits per heavy atom. The molecule has 0 aliphatic rings. The lowest BCUT2D eigenvalue weighted by Gasteiger charge is -1.94. The first-order valence-electron chi connectivity index (χ1n) is 3.29. The predicted molar refractivity (Wildman–Crippen MR) is 45.1 cm³/mol. The first-order chi connectivity index (χ1) is 5.74. The SMILES string of the molecule is NC(=O)c1csc(NCCF)n1. The molecular formula is C6H8FN3OS. The van der Waals surface area contributed by atoms with Gasteiger partial charge in [0.2, 0.25) is 0 Å². The van der Waals surface area contributed by atoms with E-state index >= 15 is 0 Å². The van der Waals surface area contributed by atoms with Crippen molar-refractivity contribution in [3.8, 4) is 0 Å². The van der Waals surface area contributed by atoms with Crippen molar-refractivity contribution in [2.45, 2.75) is 0 Å². The highest BCUT2D eigenvalue weighted by molar-refractivity contribution is 7.13. The molecule has 6 heteroatoms. The van der Waals surface area contributed by atoms with E-state index in [1.165, 1.54) is 16.7 Å². The van der Waals surface area contributed by atoms with Crippen LogP contribution in [-0.4, -0.2) is 24.1 Å². The average Bonchev–Trinajstić information content (AvgIpc) is 2.48. The largest absolute Gasteiger partial charge is 0.364 e. The number of nitrogens with one attached hydrogen (secondary N) is 1. The molecule has 0 aromatic carbocycles. The van der Waals surface area contributed by atoms with Gasteiger partial charge in [0.25, 0.3) is 5.91 Å². The lowest BCUT2D eigenvalue weighted by molar-refractivity contribution is 0.0996. The van der Waals surface area contributed by atoms with Crippen molar-refractivity contribution < 1.29 is 9.18 Å². The van der Waals surface area contributed by atoms with E-state index in [4.69, 9.17) is 5.73 Å². The number of hydrogen-bond donors (Lipinski definition) is 2. The van der Waals surface area contributed by atoms with Crippen molar-refractivity contribution in [1.82, 2.24) is 4.98 Å². The van der Waals surface area contributed by atoms with E-state index in [0.29, 0.717) is 5.13 Å². The summed E-state index contributed by atoms with van der Waals surface area (Å²) in [6.07, 6.45) is 0. The van der Waals surface area contributed by atoms with E-state index in [9.17, 15) is 9.18 Å². The van der Waals surface area contributed by atoms with Crippen LogP contribution in [0.25, 0.3) is 0 Å². The van der Waals surface area contributed by atoms with Crippen LogP contribution in [0.5, 0.6) is 0 Å².